The van der Waals surface area contributed by atoms with Crippen LogP contribution in [0.15, 0.2) is 72.9 Å². The number of imide groups is 1. The quantitative estimate of drug-likeness (QED) is 0.371. The number of amides is 3. The summed E-state index contributed by atoms with van der Waals surface area (Å²) in [4.78, 5) is 25.0. The number of fused-ring (bicyclic) bond motifs is 1. The number of hydrogen-bond donors (Lipinski definition) is 4. The van der Waals surface area contributed by atoms with Gasteiger partial charge in [0.1, 0.15) is 11.6 Å². The summed E-state index contributed by atoms with van der Waals surface area (Å²) in [5, 5.41) is 26.5. The van der Waals surface area contributed by atoms with Crippen LogP contribution in [0.5, 0.6) is 11.6 Å². The number of aromatic nitrogens is 1. The van der Waals surface area contributed by atoms with Gasteiger partial charge in [0.05, 0.1) is 6.54 Å². The van der Waals surface area contributed by atoms with Gasteiger partial charge in [-0.15, -0.1) is 0 Å². The highest BCUT2D eigenvalue weighted by Gasteiger charge is 2.48. The van der Waals surface area contributed by atoms with Gasteiger partial charge in [-0.2, -0.15) is 0 Å². The van der Waals surface area contributed by atoms with Gasteiger partial charge in [-0.1, -0.05) is 36.4 Å². The van der Waals surface area contributed by atoms with Crippen molar-refractivity contribution in [1.29, 1.82) is 0 Å². The van der Waals surface area contributed by atoms with E-state index in [-0.39, 0.29) is 24.0 Å². The zero-order valence-corrected chi connectivity index (χ0v) is 16.7. The molecule has 4 N–H and O–H groups in total. The number of carbonyl (C=O) groups excluding carboxylic acids is 2. The Kier molecular flexibility index (Phi) is 4.37. The van der Waals surface area contributed by atoms with Crippen molar-refractivity contribution in [2.75, 3.05) is 0 Å². The van der Waals surface area contributed by atoms with Crippen LogP contribution in [0, 0.1) is 5.82 Å². The average Bonchev–Trinajstić information content (AvgIpc) is 3.24. The fraction of sp³-hybridized carbons (Fsp3) is 0.0833. The number of phenolic OH excluding ortho intramolecular Hbond substituents is 1. The summed E-state index contributed by atoms with van der Waals surface area (Å²) in [5.41, 5.74) is 0.693. The van der Waals surface area contributed by atoms with Crippen LogP contribution >= 0.6 is 0 Å². The van der Waals surface area contributed by atoms with E-state index in [0.29, 0.717) is 16.3 Å². The molecule has 160 valence electrons. The molecule has 3 aromatic carbocycles. The zero-order valence-electron chi connectivity index (χ0n) is 16.7. The highest BCUT2D eigenvalue weighted by molar-refractivity contribution is 6.07. The molecular weight excluding hydrogens is 413 g/mol. The largest absolute Gasteiger partial charge is 0.508 e. The Hall–Kier alpha value is -4.33. The molecule has 1 saturated heterocycles. The van der Waals surface area contributed by atoms with Crippen molar-refractivity contribution in [1.82, 2.24) is 15.2 Å². The van der Waals surface area contributed by atoms with E-state index in [9.17, 15) is 24.2 Å². The van der Waals surface area contributed by atoms with Crippen molar-refractivity contribution >= 4 is 22.7 Å². The van der Waals surface area contributed by atoms with Gasteiger partial charge in [0.25, 0.3) is 5.91 Å². The molecule has 0 spiro atoms. The lowest BCUT2D eigenvalue weighted by Gasteiger charge is -2.27. The number of phenols is 1. The van der Waals surface area contributed by atoms with E-state index >= 15 is 0 Å². The molecule has 1 aromatic heterocycles. The second kappa shape index (κ2) is 7.12. The van der Waals surface area contributed by atoms with Crippen LogP contribution in [0.1, 0.15) is 5.56 Å². The highest BCUT2D eigenvalue weighted by atomic mass is 19.1. The first kappa shape index (κ1) is 19.6. The molecule has 1 fully saturated rings. The van der Waals surface area contributed by atoms with Gasteiger partial charge in [-0.3, -0.25) is 10.1 Å². The van der Waals surface area contributed by atoms with E-state index < -0.39 is 17.5 Å². The summed E-state index contributed by atoms with van der Waals surface area (Å²) in [5.74, 6) is -0.914. The maximum absolute atomic E-state index is 13.2. The van der Waals surface area contributed by atoms with E-state index in [0.717, 1.165) is 11.1 Å². The Morgan fingerprint density at radius 3 is 2.19 bits per heavy atom. The number of rotatable bonds is 4. The number of benzene rings is 3. The summed E-state index contributed by atoms with van der Waals surface area (Å²) in [6.45, 7) is -0.0677. The molecule has 0 unspecified atom stereocenters. The summed E-state index contributed by atoms with van der Waals surface area (Å²) in [6, 6.07) is 17.0. The number of halogens is 1. The molecule has 2 heterocycles. The first-order valence-corrected chi connectivity index (χ1v) is 9.87. The fourth-order valence-electron chi connectivity index (χ4n) is 4.11. The standard InChI is InChI=1S/C24H18FN3O4/c25-18-7-3-15(4-8-18)14-1-5-17(6-2-14)24(22(31)26-23(32)27-24)13-28-12-16-11-19(29)9-10-20(16)21(28)30/h1-12,29-30H,13H2,(H2,26,27,31,32)/t24-/m0/s1. The van der Waals surface area contributed by atoms with Gasteiger partial charge in [0.15, 0.2) is 11.4 Å². The summed E-state index contributed by atoms with van der Waals surface area (Å²) in [7, 11) is 0. The first-order chi connectivity index (χ1) is 15.4. The number of aromatic hydroxyl groups is 2. The number of urea groups is 1. The summed E-state index contributed by atoms with van der Waals surface area (Å²) < 4.78 is 14.7. The van der Waals surface area contributed by atoms with Crippen LogP contribution in [0.2, 0.25) is 0 Å². The molecule has 8 heteroatoms. The average molecular weight is 431 g/mol. The molecule has 4 aromatic rings. The topological polar surface area (TPSA) is 104 Å². The molecule has 0 bridgehead atoms. The Labute approximate surface area is 181 Å². The third-order valence-electron chi connectivity index (χ3n) is 5.75. The Balaban J connectivity index is 1.56. The highest BCUT2D eigenvalue weighted by Crippen LogP contribution is 2.35. The van der Waals surface area contributed by atoms with Crippen molar-refractivity contribution in [3.8, 4) is 22.8 Å². The number of hydrogen-bond acceptors (Lipinski definition) is 4. The Morgan fingerprint density at radius 1 is 0.906 bits per heavy atom. The number of nitrogens with one attached hydrogen (secondary N) is 2. The lowest BCUT2D eigenvalue weighted by atomic mass is 9.88. The predicted octanol–water partition coefficient (Wildman–Crippen LogP) is 3.59. The fourth-order valence-corrected chi connectivity index (χ4v) is 4.11. The van der Waals surface area contributed by atoms with Crippen LogP contribution in [0.3, 0.4) is 0 Å². The zero-order chi connectivity index (χ0) is 22.5. The molecule has 7 nitrogen and oxygen atoms in total. The van der Waals surface area contributed by atoms with Gasteiger partial charge in [0, 0.05) is 17.0 Å². The van der Waals surface area contributed by atoms with Crippen molar-refractivity contribution in [3.63, 3.8) is 0 Å². The molecule has 3 amide bonds. The molecule has 1 aliphatic heterocycles. The van der Waals surface area contributed by atoms with Crippen LogP contribution in [0.4, 0.5) is 9.18 Å². The van der Waals surface area contributed by atoms with E-state index in [4.69, 9.17) is 0 Å². The molecule has 1 atom stereocenters. The van der Waals surface area contributed by atoms with Crippen LogP contribution in [0.25, 0.3) is 21.9 Å². The minimum absolute atomic E-state index is 0.0488. The lowest BCUT2D eigenvalue weighted by molar-refractivity contribution is -0.124. The molecule has 5 rings (SSSR count). The van der Waals surface area contributed by atoms with Crippen molar-refractivity contribution in [2.24, 2.45) is 0 Å². The van der Waals surface area contributed by atoms with Gasteiger partial charge in [-0.05, 0) is 47.0 Å². The molecule has 1 aliphatic rings. The van der Waals surface area contributed by atoms with E-state index in [1.807, 2.05) is 0 Å². The predicted molar refractivity (Wildman–Crippen MR) is 115 cm³/mol. The second-order valence-electron chi connectivity index (χ2n) is 7.75. The SMILES string of the molecule is O=C1NC(=O)[C@](Cn2cc3cc(O)ccc3c2O)(c2ccc(-c3ccc(F)cc3)cc2)N1. The Bertz CT molecular complexity index is 1360. The maximum atomic E-state index is 13.2. The van der Waals surface area contributed by atoms with E-state index in [1.165, 1.54) is 28.8 Å². The minimum atomic E-state index is -1.45. The Morgan fingerprint density at radius 2 is 1.56 bits per heavy atom. The van der Waals surface area contributed by atoms with E-state index in [2.05, 4.69) is 10.6 Å². The van der Waals surface area contributed by atoms with Gasteiger partial charge in [-0.25, -0.2) is 9.18 Å². The normalized spacial score (nSPS) is 18.0. The molecule has 0 saturated carbocycles. The number of nitrogens with zero attached hydrogens (tertiary/aromatic N) is 1. The third-order valence-corrected chi connectivity index (χ3v) is 5.75. The molecule has 0 radical (unpaired) electrons. The van der Waals surface area contributed by atoms with Crippen molar-refractivity contribution in [3.05, 3.63) is 84.3 Å². The van der Waals surface area contributed by atoms with E-state index in [1.54, 1.807) is 48.7 Å². The van der Waals surface area contributed by atoms with Crippen molar-refractivity contribution < 1.29 is 24.2 Å². The molecule has 0 aliphatic carbocycles. The van der Waals surface area contributed by atoms with Gasteiger partial charge >= 0.3 is 6.03 Å². The maximum Gasteiger partial charge on any atom is 0.322 e. The summed E-state index contributed by atoms with van der Waals surface area (Å²) >= 11 is 0. The molecular formula is C24H18FN3O4. The smallest absolute Gasteiger partial charge is 0.322 e. The van der Waals surface area contributed by atoms with Gasteiger partial charge in [0.2, 0.25) is 0 Å². The van der Waals surface area contributed by atoms with Crippen LogP contribution in [-0.2, 0) is 16.9 Å². The second-order valence-corrected chi connectivity index (χ2v) is 7.75. The third kappa shape index (κ3) is 3.13. The van der Waals surface area contributed by atoms with Crippen molar-refractivity contribution in [2.45, 2.75) is 12.1 Å². The molecule has 32 heavy (non-hydrogen) atoms. The monoisotopic (exact) mass is 431 g/mol. The van der Waals surface area contributed by atoms with Crippen LogP contribution < -0.4 is 10.6 Å². The van der Waals surface area contributed by atoms with Crippen LogP contribution in [-0.4, -0.2) is 26.7 Å². The summed E-state index contributed by atoms with van der Waals surface area (Å²) in [6.07, 6.45) is 1.61. The minimum Gasteiger partial charge on any atom is -0.508 e. The number of carbonyl (C=O) groups is 2. The lowest BCUT2D eigenvalue weighted by Crippen LogP contribution is -2.47. The van der Waals surface area contributed by atoms with Gasteiger partial charge < -0.3 is 20.1 Å². The first-order valence-electron chi connectivity index (χ1n) is 9.87.